The Balaban J connectivity index is 0.000000230. The third-order valence-electron chi connectivity index (χ3n) is 27.7. The van der Waals surface area contributed by atoms with Crippen LogP contribution in [0.15, 0.2) is 71.9 Å². The number of nitro groups is 1. The Hall–Kier alpha value is -6.45. The number of nitrogens with one attached hydrogen (secondary N) is 6. The number of benzene rings is 1. The van der Waals surface area contributed by atoms with Crippen LogP contribution in [0.4, 0.5) is 20.1 Å². The molecule has 7 aliphatic heterocycles. The molecule has 4 unspecified atom stereocenters. The number of hydrogen-bond acceptors (Lipinski definition) is 42. The number of non-ortho nitro benzene ring substituents is 1. The zero-order valence-electron chi connectivity index (χ0n) is 85.1. The summed E-state index contributed by atoms with van der Waals surface area (Å²) < 4.78 is 88.2. The molecule has 1 aromatic carbocycles. The molecule has 1 aromatic rings. The number of amides is 4. The quantitative estimate of drug-likeness (QED) is 0.0106. The molecule has 5 aliphatic carbocycles. The summed E-state index contributed by atoms with van der Waals surface area (Å²) in [7, 11) is 14.5. The number of fused-ring (bicyclic) bond motifs is 5. The number of aliphatic hydroxyl groups excluding tert-OH is 7. The van der Waals surface area contributed by atoms with E-state index in [0.29, 0.717) is 54.9 Å². The van der Waals surface area contributed by atoms with Gasteiger partial charge in [-0.3, -0.25) is 24.5 Å². The van der Waals surface area contributed by atoms with Gasteiger partial charge in [0.1, 0.15) is 101 Å². The minimum absolute atomic E-state index is 0. The van der Waals surface area contributed by atoms with Gasteiger partial charge in [0.25, 0.3) is 17.5 Å². The summed E-state index contributed by atoms with van der Waals surface area (Å²) in [4.78, 5) is 79.4. The predicted octanol–water partition coefficient (Wildman–Crippen LogP) is 0.140. The number of likely N-dealkylation sites (N-methyl/N-ethyl adjacent to an activating group) is 8. The second-order valence-corrected chi connectivity index (χ2v) is 40.6. The van der Waals surface area contributed by atoms with Crippen molar-refractivity contribution in [1.82, 2.24) is 46.8 Å². The molecule has 2 bridgehead atoms. The van der Waals surface area contributed by atoms with Crippen LogP contribution in [0.2, 0.25) is 0 Å². The van der Waals surface area contributed by atoms with Gasteiger partial charge in [-0.1, -0.05) is 44.9 Å². The van der Waals surface area contributed by atoms with E-state index in [-0.39, 0.29) is 121 Å². The molecule has 12 aliphatic rings. The molecule has 803 valence electrons. The number of carbonyl (C=O) groups excluding carboxylic acids is 5. The van der Waals surface area contributed by atoms with Gasteiger partial charge in [0.05, 0.1) is 103 Å². The van der Waals surface area contributed by atoms with Crippen molar-refractivity contribution in [3.05, 3.63) is 87.6 Å². The van der Waals surface area contributed by atoms with Crippen molar-refractivity contribution in [3.63, 3.8) is 0 Å². The van der Waals surface area contributed by atoms with Crippen LogP contribution in [0.1, 0.15) is 153 Å². The number of rotatable bonds is 27. The van der Waals surface area contributed by atoms with Crippen molar-refractivity contribution in [3.8, 4) is 0 Å². The van der Waals surface area contributed by atoms with Gasteiger partial charge in [-0.15, -0.1) is 0 Å². The predicted molar refractivity (Wildman–Crippen MR) is 502 cm³/mol. The number of carbonyl (C=O) groups is 5. The number of imide groups is 1. The monoisotopic (exact) mass is 2090 g/mol. The second-order valence-electron chi connectivity index (χ2n) is 40.6. The Morgan fingerprint density at radius 1 is 0.511 bits per heavy atom. The first kappa shape index (κ1) is 120. The van der Waals surface area contributed by atoms with Gasteiger partial charge in [0.2, 0.25) is 18.9 Å². The Labute approximate surface area is 840 Å². The second kappa shape index (κ2) is 51.9. The topological polar surface area (TPSA) is 638 Å². The molecule has 13 rings (SSSR count). The van der Waals surface area contributed by atoms with E-state index in [9.17, 15) is 80.0 Å². The molecule has 4 saturated carbocycles. The van der Waals surface area contributed by atoms with Gasteiger partial charge in [-0.05, 0) is 209 Å². The number of nitrogens with two attached hydrogens (primary N) is 3. The van der Waals surface area contributed by atoms with Gasteiger partial charge in [0.15, 0.2) is 18.9 Å². The Kier molecular flexibility index (Phi) is 44.1. The van der Waals surface area contributed by atoms with E-state index < -0.39 is 210 Å². The van der Waals surface area contributed by atoms with E-state index in [4.69, 9.17) is 98.2 Å². The molecule has 0 aromatic heterocycles. The number of nitrogens with zero attached hydrogens (tertiary/aromatic N) is 4. The number of allylic oxidation sites excluding steroid dienone is 4. The molecule has 37 atom stereocenters. The van der Waals surface area contributed by atoms with Crippen LogP contribution in [-0.4, -0.2) is 390 Å². The van der Waals surface area contributed by atoms with Crippen LogP contribution in [0, 0.1) is 45.6 Å². The standard InChI is InChI=1S/C28H51N3O9.C27H49N3O9.C21H41N5O7.C17H14N2O7.CH4O.Nb/c1-10-16-11-12-17(29-7)24(37-16)38-21-15(2)13-18(30-8)22(19(21)32)39-25-20(33)23(28(6,35)14-36-25)31(9)26(34)40-27(3,4)5;1-9-15-10-11-16(28)23(36-15)37-20-14(2)12-17(29-7)21(18(20)31)38-24-19(32)22(27(6,34)13-35-24)30(8)25(33)39-26(3,4)5;1-21(29)9-30-20(15(28)18(21)26-4)33-17-13(25-3)7-11(23)16(14(17)27)32-19-12(24-2)6-5-10(8-22)31-19;20-15-13-10-3-4-11(7-10)14(13)16(21)18(15)26-17(22)25-8-9-1-5-12(6-2-9)19(23)24;1-2;/h11,15,17-25,29-30,32-33,35H,10,12-14H2,1-9H3;10,14,16-24,29,31-32,34H,9,11-13,28H2,1-8H3;5,11-20,24-29H,6-9,22-23H2,1-4H3;1-6,10-11,13-14H,7-8H2;2H,1H3;/t15-,17+,18+,19-,20+,21?,22-,23+,24+,25+,28-;14-,16+,17+,18-,19+,20?,21-,22+,23+,24+,27-;11-,12+,13+,14-,15+,16?,17-,18+,19+,20+,21-;10-,11?,13+,14-;;/m0000../s1. The van der Waals surface area contributed by atoms with Crippen molar-refractivity contribution in [2.45, 2.75) is 354 Å². The Bertz CT molecular complexity index is 4280. The maximum absolute atomic E-state index is 12.8. The van der Waals surface area contributed by atoms with E-state index in [1.165, 1.54) is 57.1 Å². The number of hydroxylamine groups is 2. The smallest absolute Gasteiger partial charge is 0.468 e. The normalized spacial score (nSPS) is 39.1. The van der Waals surface area contributed by atoms with Crippen molar-refractivity contribution in [1.29, 1.82) is 0 Å². The van der Waals surface area contributed by atoms with Gasteiger partial charge >= 0.3 is 18.3 Å². The minimum atomic E-state index is -1.59. The fourth-order valence-corrected chi connectivity index (χ4v) is 20.3. The summed E-state index contributed by atoms with van der Waals surface area (Å²) in [6.45, 7) is 22.5. The molecule has 22 N–H and O–H groups in total. The largest absolute Gasteiger partial charge is 0.534 e. The molecule has 7 heterocycles. The fraction of sp³-hybridized carbons (Fsp3) is 0.798. The van der Waals surface area contributed by atoms with Crippen LogP contribution in [0.5, 0.6) is 0 Å². The molecule has 4 amide bonds. The molecule has 0 spiro atoms. The molecule has 46 nitrogen and oxygen atoms in total. The van der Waals surface area contributed by atoms with Gasteiger partial charge in [-0.2, -0.15) is 0 Å². The van der Waals surface area contributed by atoms with Gasteiger partial charge < -0.3 is 181 Å². The average molecular weight is 2090 g/mol. The van der Waals surface area contributed by atoms with Crippen LogP contribution in [0.3, 0.4) is 0 Å². The van der Waals surface area contributed by atoms with E-state index in [1.807, 2.05) is 65.1 Å². The van der Waals surface area contributed by atoms with Crippen molar-refractivity contribution < 1.29 is 178 Å². The maximum atomic E-state index is 12.8. The Morgan fingerprint density at radius 2 is 0.879 bits per heavy atom. The number of aliphatic hydroxyl groups is 10. The first-order chi connectivity index (χ1) is 65.8. The van der Waals surface area contributed by atoms with E-state index in [0.717, 1.165) is 42.8 Å². The summed E-state index contributed by atoms with van der Waals surface area (Å²) in [6.07, 6.45) is -4.25. The molecule has 8 fully saturated rings. The SMILES string of the molecule is CCC1=CC[C@@H](N)[C@@H](OC2[C@@H](C)C[C@@H](NC)[C@H](O[C@H]3OC[C@](C)(O)[C@H](N(C)C(=O)OC(C)(C)C)[C@H]3O)[C@H]2O)O1.CCC1=CC[C@@H](NC)[C@@H](OC2[C@@H](C)C[C@@H](NC)[C@H](O[C@H]3OC[C@](C)(O)[C@H](N(C)C(=O)OC(C)(C)C)[C@H]3O)[C@H]2O)O1.CN[C@@H]1[C@@H](O)[C@@H](O[C@H]2[C@H](NC)C[C@H](N)C(O[C@H]3OC(CN)=CC[C@H]3NC)[C@@H]2O)OC[C@]1(C)O.CO.O=C(OCc1ccc([N+](=O)[O-])cc1)ON1C(=O)[C@@H]2[C@H]3C=CC(C3)[C@@H]2C1=O.[Nb]. The number of hydrogen-bond donors (Lipinski definition) is 19. The van der Waals surface area contributed by atoms with Crippen molar-refractivity contribution in [2.24, 2.45) is 52.7 Å². The number of nitro benzene ring substituents is 1. The first-order valence-corrected chi connectivity index (χ1v) is 48.2. The molecular formula is C94H159N13NbO33. The van der Waals surface area contributed by atoms with Crippen LogP contribution in [-0.2, 0) is 114 Å². The molecule has 4 saturated heterocycles. The van der Waals surface area contributed by atoms with Crippen LogP contribution >= 0.6 is 0 Å². The molecule has 141 heavy (non-hydrogen) atoms. The van der Waals surface area contributed by atoms with Crippen LogP contribution < -0.4 is 49.1 Å². The van der Waals surface area contributed by atoms with Crippen LogP contribution in [0.25, 0.3) is 0 Å². The summed E-state index contributed by atoms with van der Waals surface area (Å²) in [5.74, 6) is 0.273. The minimum Gasteiger partial charge on any atom is -0.468 e. The summed E-state index contributed by atoms with van der Waals surface area (Å²) in [6, 6.07) is 0.607. The zero-order valence-corrected chi connectivity index (χ0v) is 87.3. The van der Waals surface area contributed by atoms with Gasteiger partial charge in [0, 0.05) is 92.7 Å². The van der Waals surface area contributed by atoms with E-state index in [2.05, 4.69) is 31.9 Å². The van der Waals surface area contributed by atoms with Crippen molar-refractivity contribution in [2.75, 3.05) is 89.9 Å². The first-order valence-electron chi connectivity index (χ1n) is 48.2. The third kappa shape index (κ3) is 29.4. The summed E-state index contributed by atoms with van der Waals surface area (Å²) >= 11 is 0. The molecular weight excluding hydrogens is 1930 g/mol. The third-order valence-corrected chi connectivity index (χ3v) is 27.7. The van der Waals surface area contributed by atoms with E-state index >= 15 is 0 Å². The molecule has 47 heteroatoms. The maximum Gasteiger partial charge on any atom is 0.534 e. The summed E-state index contributed by atoms with van der Waals surface area (Å²) in [5, 5.41) is 137. The van der Waals surface area contributed by atoms with Crippen molar-refractivity contribution >= 4 is 35.8 Å². The van der Waals surface area contributed by atoms with Gasteiger partial charge in [-0.25, -0.2) is 14.4 Å². The average Bonchev–Trinajstić information content (AvgIpc) is 1.58. The molecule has 1 radical (unpaired) electrons. The fourth-order valence-electron chi connectivity index (χ4n) is 20.3. The zero-order chi connectivity index (χ0) is 104. The summed E-state index contributed by atoms with van der Waals surface area (Å²) in [5.41, 5.74) is 12.8. The van der Waals surface area contributed by atoms with E-state index in [1.54, 1.807) is 83.7 Å². The Morgan fingerprint density at radius 3 is 1.28 bits per heavy atom. The number of ether oxygens (including phenoxy) is 15.